The Balaban J connectivity index is 0.893. The van der Waals surface area contributed by atoms with E-state index in [1.165, 1.54) is 5.57 Å². The lowest BCUT2D eigenvalue weighted by Gasteiger charge is -2.71. The van der Waals surface area contributed by atoms with Gasteiger partial charge in [-0.1, -0.05) is 60.1 Å². The Labute approximate surface area is 442 Å². The molecule has 0 unspecified atom stereocenters. The number of esters is 1. The summed E-state index contributed by atoms with van der Waals surface area (Å²) in [5.74, 6) is -2.01. The molecule has 0 amide bonds. The van der Waals surface area contributed by atoms with Crippen LogP contribution < -0.4 is 0 Å². The zero-order valence-electron chi connectivity index (χ0n) is 44.4. The molecular weight excluding hydrogens is 1000 g/mol. The van der Waals surface area contributed by atoms with Crippen LogP contribution in [0, 0.1) is 50.2 Å². The van der Waals surface area contributed by atoms with Crippen LogP contribution in [-0.4, -0.2) is 221 Å². The van der Waals surface area contributed by atoms with Crippen LogP contribution in [-0.2, 0) is 47.5 Å². The van der Waals surface area contributed by atoms with Crippen molar-refractivity contribution in [1.29, 1.82) is 0 Å². The minimum absolute atomic E-state index is 0.0793. The highest BCUT2D eigenvalue weighted by atomic mass is 16.8. The Bertz CT molecular complexity index is 2140. The topological polar surface area (TPSA) is 371 Å². The number of carboxylic acids is 1. The van der Waals surface area contributed by atoms with E-state index in [4.69, 9.17) is 37.9 Å². The number of fused-ring (bicyclic) bond motifs is 7. The first-order valence-electron chi connectivity index (χ1n) is 27.2. The van der Waals surface area contributed by atoms with Gasteiger partial charge in [-0.05, 0) is 109 Å². The summed E-state index contributed by atoms with van der Waals surface area (Å²) in [6.45, 7) is 13.8. The van der Waals surface area contributed by atoms with E-state index < -0.39 is 165 Å². The fourth-order valence-electron chi connectivity index (χ4n) is 16.2. The van der Waals surface area contributed by atoms with Crippen molar-refractivity contribution in [1.82, 2.24) is 0 Å². The third-order valence-electron chi connectivity index (χ3n) is 21.0. The van der Waals surface area contributed by atoms with E-state index in [1.54, 1.807) is 0 Å². The second-order valence-corrected chi connectivity index (χ2v) is 25.9. The number of hydrogen-bond acceptors (Lipinski definition) is 22. The molecule has 0 aromatic rings. The molecule has 4 aliphatic heterocycles. The van der Waals surface area contributed by atoms with Gasteiger partial charge in [-0.15, -0.1) is 0 Å². The molecule has 4 saturated carbocycles. The van der Waals surface area contributed by atoms with E-state index in [-0.39, 0.29) is 39.4 Å². The summed E-state index contributed by atoms with van der Waals surface area (Å²) in [4.78, 5) is 27.6. The van der Waals surface area contributed by atoms with Crippen LogP contribution in [0.2, 0.25) is 0 Å². The minimum Gasteiger partial charge on any atom is -0.479 e. The molecule has 434 valence electrons. The van der Waals surface area contributed by atoms with Gasteiger partial charge in [0.1, 0.15) is 85.5 Å². The summed E-state index contributed by atoms with van der Waals surface area (Å²) >= 11 is 0. The maximum absolute atomic E-state index is 14.7. The molecule has 0 spiro atoms. The lowest BCUT2D eigenvalue weighted by Crippen LogP contribution is -2.67. The number of rotatable bonds is 11. The average Bonchev–Trinajstić information content (AvgIpc) is 3.38. The molecule has 0 radical (unpaired) electrons. The quantitative estimate of drug-likeness (QED) is 0.0649. The molecule has 0 aromatic heterocycles. The molecular formula is C53H84O23. The zero-order chi connectivity index (χ0) is 55.6. The summed E-state index contributed by atoms with van der Waals surface area (Å²) in [5.41, 5.74) is -1.10. The van der Waals surface area contributed by atoms with Crippen LogP contribution in [0.5, 0.6) is 0 Å². The monoisotopic (exact) mass is 1090 g/mol. The molecule has 76 heavy (non-hydrogen) atoms. The van der Waals surface area contributed by atoms with Crippen LogP contribution in [0.4, 0.5) is 0 Å². The SMILES string of the molecule is CC1(C)CC[C@]2(C(=O)O[C@@H]3O[C@H](CO)[C@@H](O)[C@H](O)[C@H]3O)CC[C@]3(C)C(=CC[C@@H]4[C@@]5(C)CC[C@H](O[C@@H]6O[C@H](C(=O)O)[C@@H](O[C@@H]7OC[C@@H](O)[C@H](O[C@@H]8O[C@H](CO)[C@@H](O)[C@H](O)[C@H]8O)[C@H]7O)[C@H](O)[C@H]6O)C(C)(C)[C@@H]5CC[C@]43C)[C@@H]2C1. The van der Waals surface area contributed by atoms with Gasteiger partial charge in [-0.25, -0.2) is 4.79 Å². The fraction of sp³-hybridized carbons (Fsp3) is 0.925. The van der Waals surface area contributed by atoms with E-state index in [2.05, 4.69) is 54.5 Å². The highest BCUT2D eigenvalue weighted by Crippen LogP contribution is 2.76. The molecule has 9 rings (SSSR count). The van der Waals surface area contributed by atoms with Crippen LogP contribution in [0.3, 0.4) is 0 Å². The van der Waals surface area contributed by atoms with Crippen molar-refractivity contribution in [3.8, 4) is 0 Å². The number of aliphatic hydroxyl groups is 12. The maximum Gasteiger partial charge on any atom is 0.335 e. The van der Waals surface area contributed by atoms with Gasteiger partial charge in [0.15, 0.2) is 25.0 Å². The fourth-order valence-corrected chi connectivity index (χ4v) is 16.2. The van der Waals surface area contributed by atoms with Gasteiger partial charge in [0.2, 0.25) is 6.29 Å². The molecule has 4 heterocycles. The lowest BCUT2D eigenvalue weighted by atomic mass is 9.33. The van der Waals surface area contributed by atoms with Gasteiger partial charge >= 0.3 is 11.9 Å². The number of ether oxygens (including phenoxy) is 8. The van der Waals surface area contributed by atoms with Gasteiger partial charge in [0, 0.05) is 0 Å². The molecule has 23 heteroatoms. The molecule has 0 aromatic carbocycles. The highest BCUT2D eigenvalue weighted by Gasteiger charge is 2.70. The van der Waals surface area contributed by atoms with Crippen molar-refractivity contribution in [2.24, 2.45) is 50.2 Å². The van der Waals surface area contributed by atoms with Crippen LogP contribution in [0.1, 0.15) is 113 Å². The van der Waals surface area contributed by atoms with E-state index in [9.17, 15) is 76.0 Å². The van der Waals surface area contributed by atoms with E-state index in [1.807, 2.05) is 0 Å². The maximum atomic E-state index is 14.7. The van der Waals surface area contributed by atoms with Crippen molar-refractivity contribution < 1.29 is 114 Å². The smallest absolute Gasteiger partial charge is 0.335 e. The first-order chi connectivity index (χ1) is 35.5. The summed E-state index contributed by atoms with van der Waals surface area (Å²) in [7, 11) is 0. The molecule has 13 N–H and O–H groups in total. The molecule has 0 bridgehead atoms. The van der Waals surface area contributed by atoms with Crippen LogP contribution in [0.25, 0.3) is 0 Å². The van der Waals surface area contributed by atoms with Crippen molar-refractivity contribution in [2.75, 3.05) is 19.8 Å². The van der Waals surface area contributed by atoms with Gasteiger partial charge in [0.05, 0.1) is 31.3 Å². The van der Waals surface area contributed by atoms with E-state index in [0.717, 1.165) is 32.1 Å². The van der Waals surface area contributed by atoms with Crippen molar-refractivity contribution in [2.45, 2.75) is 235 Å². The third-order valence-corrected chi connectivity index (χ3v) is 21.0. The second kappa shape index (κ2) is 21.0. The third kappa shape index (κ3) is 9.42. The predicted molar refractivity (Wildman–Crippen MR) is 257 cm³/mol. The second-order valence-electron chi connectivity index (χ2n) is 25.9. The first-order valence-corrected chi connectivity index (χ1v) is 27.2. The predicted octanol–water partition coefficient (Wildman–Crippen LogP) is -1.30. The number of allylic oxidation sites excluding steroid dienone is 2. The normalized spacial score (nSPS) is 52.9. The number of hydrogen-bond donors (Lipinski definition) is 13. The molecule has 23 nitrogen and oxygen atoms in total. The van der Waals surface area contributed by atoms with Gasteiger partial charge in [-0.2, -0.15) is 0 Å². The van der Waals surface area contributed by atoms with Crippen molar-refractivity contribution >= 4 is 11.9 Å². The van der Waals surface area contributed by atoms with Crippen LogP contribution >= 0.6 is 0 Å². The van der Waals surface area contributed by atoms with Gasteiger partial charge < -0.3 is 104 Å². The van der Waals surface area contributed by atoms with Crippen LogP contribution in [0.15, 0.2) is 11.6 Å². The number of carbonyl (C=O) groups excluding carboxylic acids is 1. The Morgan fingerprint density at radius 2 is 1.18 bits per heavy atom. The highest BCUT2D eigenvalue weighted by molar-refractivity contribution is 5.79. The first kappa shape index (κ1) is 58.6. The number of aliphatic carboxylic acids is 1. The molecule has 5 aliphatic carbocycles. The summed E-state index contributed by atoms with van der Waals surface area (Å²) < 4.78 is 46.5. The molecule has 27 atom stereocenters. The van der Waals surface area contributed by atoms with Gasteiger partial charge in [0.25, 0.3) is 0 Å². The lowest BCUT2D eigenvalue weighted by molar-refractivity contribution is -0.370. The van der Waals surface area contributed by atoms with Crippen molar-refractivity contribution in [3.05, 3.63) is 11.6 Å². The summed E-state index contributed by atoms with van der Waals surface area (Å²) in [6.07, 6.45) is -24.0. The summed E-state index contributed by atoms with van der Waals surface area (Å²) in [6, 6.07) is 0. The van der Waals surface area contributed by atoms with E-state index >= 15 is 0 Å². The molecule has 9 aliphatic rings. The Hall–Kier alpha value is -2.08. The summed E-state index contributed by atoms with van der Waals surface area (Å²) in [5, 5.41) is 138. The molecule has 8 fully saturated rings. The largest absolute Gasteiger partial charge is 0.479 e. The Kier molecular flexibility index (Phi) is 16.2. The molecule has 4 saturated heterocycles. The Morgan fingerprint density at radius 1 is 0.605 bits per heavy atom. The zero-order valence-corrected chi connectivity index (χ0v) is 44.4. The van der Waals surface area contributed by atoms with Gasteiger partial charge in [-0.3, -0.25) is 4.79 Å². The number of aliphatic hydroxyl groups excluding tert-OH is 12. The van der Waals surface area contributed by atoms with Crippen molar-refractivity contribution in [3.63, 3.8) is 0 Å². The Morgan fingerprint density at radius 3 is 1.82 bits per heavy atom. The number of carbonyl (C=O) groups is 2. The average molecular weight is 1090 g/mol. The number of carboxylic acid groups (broad SMARTS) is 1. The van der Waals surface area contributed by atoms with E-state index in [0.29, 0.717) is 32.1 Å². The minimum atomic E-state index is -1.97. The standard InChI is InChI=1S/C53H84O23/c1-48(2)14-16-53(47(68)76-45-36(63)33(60)31(58)26(20-55)71-45)17-15-51(6)22(23(53)18-48)8-9-28-50(5)12-11-29(49(3,4)27(50)10-13-52(28,51)7)72-46-37(64)34(61)40(41(75-46)42(66)67)74-43-38(65)39(24(56)21-69-43)73-44-35(62)32(59)30(57)25(19-54)70-44/h8,23-41,43-46,54-65H,9-21H2,1-7H3,(H,66,67)/t23-,24+,25+,26+,27-,28+,29-,30+,31+,32-,33-,34+,35+,36+,37+,38+,39-,40-,41-,43-,44-,45-,46+,50-,51+,52+,53-/m0/s1.